The van der Waals surface area contributed by atoms with Crippen LogP contribution in [-0.2, 0) is 10.0 Å². The van der Waals surface area contributed by atoms with Gasteiger partial charge in [0.2, 0.25) is 10.0 Å². The van der Waals surface area contributed by atoms with E-state index in [1.54, 1.807) is 19.1 Å². The van der Waals surface area contributed by atoms with Crippen molar-refractivity contribution in [2.24, 2.45) is 5.14 Å². The maximum Gasteiger partial charge on any atom is 0.238 e. The van der Waals surface area contributed by atoms with Gasteiger partial charge in [-0.25, -0.2) is 13.6 Å². The zero-order valence-corrected chi connectivity index (χ0v) is 11.3. The van der Waals surface area contributed by atoms with Gasteiger partial charge in [-0.1, -0.05) is 6.07 Å². The smallest absolute Gasteiger partial charge is 0.238 e. The van der Waals surface area contributed by atoms with Gasteiger partial charge in [0.25, 0.3) is 0 Å². The van der Waals surface area contributed by atoms with Crippen LogP contribution in [0.25, 0.3) is 0 Å². The number of primary sulfonamides is 1. The molecule has 0 amide bonds. The largest absolute Gasteiger partial charge is 0.381 e. The molecule has 1 aromatic rings. The molecule has 1 aliphatic rings. The minimum absolute atomic E-state index is 0.202. The van der Waals surface area contributed by atoms with Crippen LogP contribution < -0.4 is 10.5 Å². The Morgan fingerprint density at radius 2 is 2.24 bits per heavy atom. The molecule has 3 N–H and O–H groups in total. The van der Waals surface area contributed by atoms with Gasteiger partial charge in [0.15, 0.2) is 0 Å². The van der Waals surface area contributed by atoms with E-state index in [0.717, 1.165) is 23.6 Å². The molecule has 1 heterocycles. The summed E-state index contributed by atoms with van der Waals surface area (Å²) in [6.07, 6.45) is 1.11. The average molecular weight is 272 g/mol. The van der Waals surface area contributed by atoms with Crippen LogP contribution in [0.3, 0.4) is 0 Å². The highest BCUT2D eigenvalue weighted by molar-refractivity contribution is 7.99. The Morgan fingerprint density at radius 3 is 2.82 bits per heavy atom. The molecule has 1 aromatic carbocycles. The maximum absolute atomic E-state index is 11.4. The maximum atomic E-state index is 11.4. The quantitative estimate of drug-likeness (QED) is 0.876. The molecule has 0 saturated carbocycles. The fraction of sp³-hybridized carbons (Fsp3) is 0.455. The summed E-state index contributed by atoms with van der Waals surface area (Å²) >= 11 is 1.91. The third-order valence-electron chi connectivity index (χ3n) is 2.80. The second-order valence-electron chi connectivity index (χ2n) is 4.23. The molecule has 1 aliphatic heterocycles. The lowest BCUT2D eigenvalue weighted by Gasteiger charge is -2.14. The van der Waals surface area contributed by atoms with Crippen molar-refractivity contribution in [2.75, 3.05) is 16.8 Å². The Hall–Kier alpha value is -0.720. The Labute approximate surface area is 106 Å². The van der Waals surface area contributed by atoms with Crippen LogP contribution in [0.1, 0.15) is 12.0 Å². The first-order chi connectivity index (χ1) is 7.97. The molecular formula is C11H16N2O2S2. The number of nitrogens with one attached hydrogen (secondary N) is 1. The zero-order chi connectivity index (χ0) is 12.5. The number of nitrogens with two attached hydrogens (primary N) is 1. The molecule has 0 spiro atoms. The van der Waals surface area contributed by atoms with Gasteiger partial charge in [-0.3, -0.25) is 0 Å². The first-order valence-electron chi connectivity index (χ1n) is 5.44. The Morgan fingerprint density at radius 1 is 1.47 bits per heavy atom. The van der Waals surface area contributed by atoms with Gasteiger partial charge in [0.1, 0.15) is 0 Å². The second-order valence-corrected chi connectivity index (χ2v) is 6.91. The average Bonchev–Trinajstić information content (AvgIpc) is 2.72. The van der Waals surface area contributed by atoms with E-state index in [9.17, 15) is 8.42 Å². The summed E-state index contributed by atoms with van der Waals surface area (Å²) in [5, 5.41) is 8.51. The Balaban J connectivity index is 2.24. The van der Waals surface area contributed by atoms with E-state index in [1.807, 2.05) is 17.8 Å². The van der Waals surface area contributed by atoms with E-state index < -0.39 is 10.0 Å². The van der Waals surface area contributed by atoms with Crippen LogP contribution in [0.15, 0.2) is 23.1 Å². The van der Waals surface area contributed by atoms with Crippen molar-refractivity contribution in [3.05, 3.63) is 23.8 Å². The minimum atomic E-state index is -3.63. The predicted octanol–water partition coefficient (Wildman–Crippen LogP) is 1.56. The fourth-order valence-electron chi connectivity index (χ4n) is 1.88. The highest BCUT2D eigenvalue weighted by Crippen LogP contribution is 2.24. The fourth-order valence-corrected chi connectivity index (χ4v) is 3.84. The van der Waals surface area contributed by atoms with E-state index in [1.165, 1.54) is 0 Å². The number of anilines is 1. The SMILES string of the molecule is Cc1ccc(NC2CCSC2)cc1S(N)(=O)=O. The highest BCUT2D eigenvalue weighted by atomic mass is 32.2. The molecule has 17 heavy (non-hydrogen) atoms. The minimum Gasteiger partial charge on any atom is -0.381 e. The Bertz CT molecular complexity index is 508. The molecule has 4 nitrogen and oxygen atoms in total. The van der Waals surface area contributed by atoms with Gasteiger partial charge in [0, 0.05) is 17.5 Å². The van der Waals surface area contributed by atoms with E-state index >= 15 is 0 Å². The summed E-state index contributed by atoms with van der Waals surface area (Å²) in [5.74, 6) is 2.23. The molecule has 0 aromatic heterocycles. The van der Waals surface area contributed by atoms with E-state index in [2.05, 4.69) is 5.32 Å². The highest BCUT2D eigenvalue weighted by Gasteiger charge is 2.17. The van der Waals surface area contributed by atoms with Crippen LogP contribution in [0.2, 0.25) is 0 Å². The van der Waals surface area contributed by atoms with E-state index in [-0.39, 0.29) is 4.90 Å². The zero-order valence-electron chi connectivity index (χ0n) is 9.64. The van der Waals surface area contributed by atoms with Gasteiger partial charge >= 0.3 is 0 Å². The number of benzene rings is 1. The second kappa shape index (κ2) is 4.88. The summed E-state index contributed by atoms with van der Waals surface area (Å²) in [5.41, 5.74) is 1.51. The summed E-state index contributed by atoms with van der Waals surface area (Å²) in [7, 11) is -3.63. The first-order valence-corrected chi connectivity index (χ1v) is 8.14. The first kappa shape index (κ1) is 12.7. The predicted molar refractivity (Wildman–Crippen MR) is 71.9 cm³/mol. The summed E-state index contributed by atoms with van der Waals surface area (Å²) in [6.45, 7) is 1.74. The van der Waals surface area contributed by atoms with Crippen molar-refractivity contribution in [2.45, 2.75) is 24.3 Å². The van der Waals surface area contributed by atoms with Crippen molar-refractivity contribution in [3.8, 4) is 0 Å². The van der Waals surface area contributed by atoms with E-state index in [4.69, 9.17) is 5.14 Å². The molecule has 1 atom stereocenters. The number of hydrogen-bond donors (Lipinski definition) is 2. The van der Waals surface area contributed by atoms with Gasteiger partial charge in [-0.15, -0.1) is 0 Å². The van der Waals surface area contributed by atoms with E-state index in [0.29, 0.717) is 11.6 Å². The van der Waals surface area contributed by atoms with Crippen LogP contribution in [0.4, 0.5) is 5.69 Å². The lowest BCUT2D eigenvalue weighted by atomic mass is 10.2. The van der Waals surface area contributed by atoms with Crippen molar-refractivity contribution in [1.29, 1.82) is 0 Å². The van der Waals surface area contributed by atoms with Gasteiger partial charge in [0.05, 0.1) is 4.90 Å². The molecule has 0 bridgehead atoms. The van der Waals surface area contributed by atoms with Crippen LogP contribution >= 0.6 is 11.8 Å². The van der Waals surface area contributed by atoms with Crippen molar-refractivity contribution in [1.82, 2.24) is 0 Å². The van der Waals surface area contributed by atoms with Gasteiger partial charge in [-0.05, 0) is 36.8 Å². The van der Waals surface area contributed by atoms with Crippen molar-refractivity contribution in [3.63, 3.8) is 0 Å². The summed E-state index contributed by atoms with van der Waals surface area (Å²) in [4.78, 5) is 0.202. The molecule has 0 aliphatic carbocycles. The third kappa shape index (κ3) is 3.14. The molecule has 6 heteroatoms. The lowest BCUT2D eigenvalue weighted by Crippen LogP contribution is -2.19. The van der Waals surface area contributed by atoms with Crippen LogP contribution in [0, 0.1) is 6.92 Å². The summed E-state index contributed by atoms with van der Waals surface area (Å²) in [6, 6.07) is 5.72. The number of aryl methyl sites for hydroxylation is 1. The monoisotopic (exact) mass is 272 g/mol. The van der Waals surface area contributed by atoms with Gasteiger partial charge in [-0.2, -0.15) is 11.8 Å². The normalized spacial score (nSPS) is 20.5. The molecule has 1 saturated heterocycles. The van der Waals surface area contributed by atoms with Crippen LogP contribution in [-0.4, -0.2) is 26.0 Å². The summed E-state index contributed by atoms with van der Waals surface area (Å²) < 4.78 is 22.8. The number of sulfonamides is 1. The molecule has 1 fully saturated rings. The van der Waals surface area contributed by atoms with Gasteiger partial charge < -0.3 is 5.32 Å². The standard InChI is InChI=1S/C11H16N2O2S2/c1-8-2-3-9(6-11(8)17(12,14)15)13-10-4-5-16-7-10/h2-3,6,10,13H,4-5,7H2,1H3,(H2,12,14,15). The van der Waals surface area contributed by atoms with Crippen molar-refractivity contribution >= 4 is 27.5 Å². The molecular weight excluding hydrogens is 256 g/mol. The number of thioether (sulfide) groups is 1. The Kier molecular flexibility index (Phi) is 3.65. The molecule has 2 rings (SSSR count). The van der Waals surface area contributed by atoms with Crippen LogP contribution in [0.5, 0.6) is 0 Å². The molecule has 0 radical (unpaired) electrons. The molecule has 1 unspecified atom stereocenters. The van der Waals surface area contributed by atoms with Crippen molar-refractivity contribution < 1.29 is 8.42 Å². The lowest BCUT2D eigenvalue weighted by molar-refractivity contribution is 0.597. The third-order valence-corrected chi connectivity index (χ3v) is 5.01. The number of rotatable bonds is 3. The topological polar surface area (TPSA) is 72.2 Å². The molecule has 94 valence electrons. The number of hydrogen-bond acceptors (Lipinski definition) is 4.